The molecule has 2 rings (SSSR count). The number of aryl methyl sites for hydroxylation is 1. The van der Waals surface area contributed by atoms with Crippen LogP contribution in [0.1, 0.15) is 24.5 Å². The maximum absolute atomic E-state index is 12.1. The molecule has 0 bridgehead atoms. The normalized spacial score (nSPS) is 11.4. The predicted octanol–water partition coefficient (Wildman–Crippen LogP) is 4.45. The summed E-state index contributed by atoms with van der Waals surface area (Å²) in [5.74, 6) is 0.530. The SMILES string of the molecule is CCCOS(=O)(=O)c1ccc(C)c(OCc2ccccc2Br)c1. The molecule has 2 aromatic rings. The van der Waals surface area contributed by atoms with Crippen molar-refractivity contribution >= 4 is 26.0 Å². The second-order valence-electron chi connectivity index (χ2n) is 5.08. The molecule has 124 valence electrons. The second-order valence-corrected chi connectivity index (χ2v) is 7.55. The van der Waals surface area contributed by atoms with Crippen molar-refractivity contribution < 1.29 is 17.3 Å². The van der Waals surface area contributed by atoms with E-state index in [4.69, 9.17) is 8.92 Å². The molecule has 0 atom stereocenters. The Hall–Kier alpha value is -1.37. The summed E-state index contributed by atoms with van der Waals surface area (Å²) in [5, 5.41) is 0. The van der Waals surface area contributed by atoms with Crippen LogP contribution in [0.4, 0.5) is 0 Å². The monoisotopic (exact) mass is 398 g/mol. The first-order valence-electron chi connectivity index (χ1n) is 7.30. The van der Waals surface area contributed by atoms with Gasteiger partial charge in [0.2, 0.25) is 0 Å². The minimum atomic E-state index is -3.74. The molecule has 0 amide bonds. The third kappa shape index (κ3) is 4.80. The van der Waals surface area contributed by atoms with Gasteiger partial charge in [-0.3, -0.25) is 4.18 Å². The lowest BCUT2D eigenvalue weighted by Crippen LogP contribution is -2.08. The number of benzene rings is 2. The summed E-state index contributed by atoms with van der Waals surface area (Å²) in [6, 6.07) is 12.5. The van der Waals surface area contributed by atoms with Crippen LogP contribution in [0.3, 0.4) is 0 Å². The van der Waals surface area contributed by atoms with Crippen molar-refractivity contribution in [1.29, 1.82) is 0 Å². The van der Waals surface area contributed by atoms with E-state index in [2.05, 4.69) is 15.9 Å². The highest BCUT2D eigenvalue weighted by Crippen LogP contribution is 2.26. The standard InChI is InChI=1S/C17H19BrO4S/c1-3-10-22-23(19,20)15-9-8-13(2)17(11-15)21-12-14-6-4-5-7-16(14)18/h4-9,11H,3,10,12H2,1-2H3. The maximum atomic E-state index is 12.1. The predicted molar refractivity (Wildman–Crippen MR) is 93.1 cm³/mol. The average Bonchev–Trinajstić information content (AvgIpc) is 2.53. The molecular formula is C17H19BrO4S. The number of halogens is 1. The fourth-order valence-corrected chi connectivity index (χ4v) is 3.33. The van der Waals surface area contributed by atoms with Gasteiger partial charge in [0.25, 0.3) is 10.1 Å². The Morgan fingerprint density at radius 3 is 2.57 bits per heavy atom. The summed E-state index contributed by atoms with van der Waals surface area (Å²) in [7, 11) is -3.74. The van der Waals surface area contributed by atoms with Crippen molar-refractivity contribution in [2.45, 2.75) is 31.8 Å². The summed E-state index contributed by atoms with van der Waals surface area (Å²) >= 11 is 3.47. The van der Waals surface area contributed by atoms with E-state index >= 15 is 0 Å². The molecule has 0 aromatic heterocycles. The summed E-state index contributed by atoms with van der Waals surface area (Å²) in [6.45, 7) is 4.25. The van der Waals surface area contributed by atoms with E-state index in [1.165, 1.54) is 12.1 Å². The lowest BCUT2D eigenvalue weighted by Gasteiger charge is -2.12. The highest BCUT2D eigenvalue weighted by Gasteiger charge is 2.16. The topological polar surface area (TPSA) is 52.6 Å². The van der Waals surface area contributed by atoms with Crippen molar-refractivity contribution in [3.8, 4) is 5.75 Å². The minimum Gasteiger partial charge on any atom is -0.489 e. The Labute approximate surface area is 145 Å². The van der Waals surface area contributed by atoms with Crippen molar-refractivity contribution in [2.75, 3.05) is 6.61 Å². The Morgan fingerprint density at radius 2 is 1.87 bits per heavy atom. The van der Waals surface area contributed by atoms with Crippen LogP contribution in [0.2, 0.25) is 0 Å². The van der Waals surface area contributed by atoms with Crippen LogP contribution in [-0.4, -0.2) is 15.0 Å². The molecule has 0 saturated carbocycles. The molecule has 0 N–H and O–H groups in total. The van der Waals surface area contributed by atoms with E-state index in [9.17, 15) is 8.42 Å². The van der Waals surface area contributed by atoms with Gasteiger partial charge in [-0.2, -0.15) is 8.42 Å². The van der Waals surface area contributed by atoms with Gasteiger partial charge in [0.1, 0.15) is 12.4 Å². The molecule has 0 aliphatic carbocycles. The van der Waals surface area contributed by atoms with E-state index in [0.29, 0.717) is 18.8 Å². The molecule has 0 aliphatic heterocycles. The molecule has 0 heterocycles. The highest BCUT2D eigenvalue weighted by molar-refractivity contribution is 9.10. The molecule has 0 unspecified atom stereocenters. The third-order valence-corrected chi connectivity index (χ3v) is 5.31. The fraction of sp³-hybridized carbons (Fsp3) is 0.294. The van der Waals surface area contributed by atoms with Gasteiger partial charge in [-0.1, -0.05) is 47.1 Å². The van der Waals surface area contributed by atoms with Crippen LogP contribution in [0.5, 0.6) is 5.75 Å². The van der Waals surface area contributed by atoms with Gasteiger partial charge in [-0.25, -0.2) is 0 Å². The van der Waals surface area contributed by atoms with Crippen LogP contribution in [-0.2, 0) is 20.9 Å². The van der Waals surface area contributed by atoms with Crippen molar-refractivity contribution in [3.63, 3.8) is 0 Å². The van der Waals surface area contributed by atoms with Crippen LogP contribution in [0.25, 0.3) is 0 Å². The first kappa shape index (κ1) is 18.0. The van der Waals surface area contributed by atoms with Crippen molar-refractivity contribution in [1.82, 2.24) is 0 Å². The molecule has 0 aliphatic rings. The molecule has 0 radical (unpaired) electrons. The zero-order valence-corrected chi connectivity index (χ0v) is 15.5. The van der Waals surface area contributed by atoms with Gasteiger partial charge >= 0.3 is 0 Å². The zero-order valence-electron chi connectivity index (χ0n) is 13.1. The Bertz CT molecular complexity index is 772. The lowest BCUT2D eigenvalue weighted by atomic mass is 10.2. The molecule has 0 fully saturated rings. The van der Waals surface area contributed by atoms with Crippen LogP contribution < -0.4 is 4.74 Å². The highest BCUT2D eigenvalue weighted by atomic mass is 79.9. The van der Waals surface area contributed by atoms with E-state index in [0.717, 1.165) is 15.6 Å². The van der Waals surface area contributed by atoms with E-state index in [1.807, 2.05) is 38.1 Å². The van der Waals surface area contributed by atoms with Crippen molar-refractivity contribution in [2.24, 2.45) is 0 Å². The van der Waals surface area contributed by atoms with Gasteiger partial charge in [0, 0.05) is 16.1 Å². The lowest BCUT2D eigenvalue weighted by molar-refractivity contribution is 0.300. The molecule has 4 nitrogen and oxygen atoms in total. The quantitative estimate of drug-likeness (QED) is 0.646. The Kier molecular flexibility index (Phi) is 6.21. The van der Waals surface area contributed by atoms with E-state index in [1.54, 1.807) is 6.07 Å². The molecule has 6 heteroatoms. The van der Waals surface area contributed by atoms with Crippen LogP contribution >= 0.6 is 15.9 Å². The molecule has 2 aromatic carbocycles. The summed E-state index contributed by atoms with van der Waals surface area (Å²) < 4.78 is 35.9. The molecule has 23 heavy (non-hydrogen) atoms. The van der Waals surface area contributed by atoms with E-state index in [-0.39, 0.29) is 11.5 Å². The number of rotatable bonds is 7. The van der Waals surface area contributed by atoms with Gasteiger partial charge in [-0.15, -0.1) is 0 Å². The summed E-state index contributed by atoms with van der Waals surface area (Å²) in [6.07, 6.45) is 0.635. The zero-order chi connectivity index (χ0) is 16.9. The van der Waals surface area contributed by atoms with Crippen LogP contribution in [0.15, 0.2) is 51.8 Å². The number of ether oxygens (including phenoxy) is 1. The smallest absolute Gasteiger partial charge is 0.297 e. The van der Waals surface area contributed by atoms with E-state index < -0.39 is 10.1 Å². The molecule has 0 spiro atoms. The van der Waals surface area contributed by atoms with Gasteiger partial charge in [-0.05, 0) is 31.0 Å². The second kappa shape index (κ2) is 7.95. The fourth-order valence-electron chi connectivity index (χ4n) is 1.92. The first-order chi connectivity index (χ1) is 10.9. The number of hydrogen-bond acceptors (Lipinski definition) is 4. The summed E-state index contributed by atoms with van der Waals surface area (Å²) in [5.41, 5.74) is 1.86. The Morgan fingerprint density at radius 1 is 1.13 bits per heavy atom. The van der Waals surface area contributed by atoms with Crippen LogP contribution in [0, 0.1) is 6.92 Å². The third-order valence-electron chi connectivity index (χ3n) is 3.23. The molecule has 0 saturated heterocycles. The maximum Gasteiger partial charge on any atom is 0.297 e. The Balaban J connectivity index is 2.19. The van der Waals surface area contributed by atoms with Crippen molar-refractivity contribution in [3.05, 3.63) is 58.1 Å². The van der Waals surface area contributed by atoms with Gasteiger partial charge in [0.15, 0.2) is 0 Å². The minimum absolute atomic E-state index is 0.110. The first-order valence-corrected chi connectivity index (χ1v) is 9.50. The van der Waals surface area contributed by atoms with Gasteiger partial charge in [0.05, 0.1) is 11.5 Å². The van der Waals surface area contributed by atoms with Gasteiger partial charge < -0.3 is 4.74 Å². The largest absolute Gasteiger partial charge is 0.489 e. The molecular weight excluding hydrogens is 380 g/mol. The average molecular weight is 399 g/mol. The summed E-state index contributed by atoms with van der Waals surface area (Å²) in [4.78, 5) is 0.110. The number of hydrogen-bond donors (Lipinski definition) is 0.